The molecule has 1 rings (SSSR count). The molecule has 0 saturated heterocycles. The molecule has 1 nitrogen and oxygen atoms in total. The van der Waals surface area contributed by atoms with E-state index in [-0.39, 0.29) is 6.04 Å². The minimum Gasteiger partial charge on any atom is -0.320 e. The summed E-state index contributed by atoms with van der Waals surface area (Å²) in [6.07, 6.45) is 1.73. The summed E-state index contributed by atoms with van der Waals surface area (Å²) in [7, 11) is 0. The highest BCUT2D eigenvalue weighted by Crippen LogP contribution is 2.26. The normalized spacial score (nSPS) is 13.0. The van der Waals surface area contributed by atoms with E-state index in [0.29, 0.717) is 0 Å². The molecule has 0 aromatic carbocycles. The first kappa shape index (κ1) is 7.98. The summed E-state index contributed by atoms with van der Waals surface area (Å²) in [5.41, 5.74) is 5.68. The molecular weight excluding hydrogens is 210 g/mol. The van der Waals surface area contributed by atoms with Crippen LogP contribution in [0.25, 0.3) is 0 Å². The molecule has 3 heteroatoms. The summed E-state index contributed by atoms with van der Waals surface area (Å²) in [5.74, 6) is 0. The second-order valence-corrected chi connectivity index (χ2v) is 4.40. The standard InChI is InChI=1S/C7H8BrNS/c1-2-5(9)6-3-4-7(8)10-6/h2-5H,1,9H2/t5-/m1/s1. The molecule has 0 amide bonds. The average molecular weight is 218 g/mol. The van der Waals surface area contributed by atoms with E-state index < -0.39 is 0 Å². The van der Waals surface area contributed by atoms with Crippen LogP contribution in [0.4, 0.5) is 0 Å². The Kier molecular flexibility index (Phi) is 2.65. The Hall–Kier alpha value is -0.120. The number of rotatable bonds is 2. The zero-order valence-electron chi connectivity index (χ0n) is 5.38. The molecule has 54 valence electrons. The van der Waals surface area contributed by atoms with Crippen LogP contribution >= 0.6 is 27.3 Å². The summed E-state index contributed by atoms with van der Waals surface area (Å²) >= 11 is 5.00. The highest BCUT2D eigenvalue weighted by molar-refractivity contribution is 9.11. The second-order valence-electron chi connectivity index (χ2n) is 1.90. The Bertz CT molecular complexity index is 231. The Balaban J connectivity index is 2.84. The maximum Gasteiger partial charge on any atom is 0.0702 e. The van der Waals surface area contributed by atoms with Gasteiger partial charge in [-0.25, -0.2) is 0 Å². The van der Waals surface area contributed by atoms with Crippen LogP contribution in [0.2, 0.25) is 0 Å². The highest BCUT2D eigenvalue weighted by atomic mass is 79.9. The van der Waals surface area contributed by atoms with Gasteiger partial charge in [-0.1, -0.05) is 6.08 Å². The van der Waals surface area contributed by atoms with Gasteiger partial charge in [0, 0.05) is 4.88 Å². The van der Waals surface area contributed by atoms with E-state index in [1.54, 1.807) is 17.4 Å². The van der Waals surface area contributed by atoms with Gasteiger partial charge in [0.1, 0.15) is 0 Å². The smallest absolute Gasteiger partial charge is 0.0702 e. The zero-order valence-corrected chi connectivity index (χ0v) is 7.78. The monoisotopic (exact) mass is 217 g/mol. The van der Waals surface area contributed by atoms with Crippen molar-refractivity contribution in [2.75, 3.05) is 0 Å². The molecule has 1 aromatic heterocycles. The molecule has 0 radical (unpaired) electrons. The molecule has 10 heavy (non-hydrogen) atoms. The molecule has 1 aromatic rings. The fraction of sp³-hybridized carbons (Fsp3) is 0.143. The minimum atomic E-state index is -0.0173. The van der Waals surface area contributed by atoms with E-state index in [9.17, 15) is 0 Å². The largest absolute Gasteiger partial charge is 0.320 e. The van der Waals surface area contributed by atoms with E-state index in [1.807, 2.05) is 12.1 Å². The fourth-order valence-corrected chi connectivity index (χ4v) is 2.05. The van der Waals surface area contributed by atoms with Crippen LogP contribution in [-0.2, 0) is 0 Å². The van der Waals surface area contributed by atoms with Crippen molar-refractivity contribution in [2.24, 2.45) is 5.73 Å². The lowest BCUT2D eigenvalue weighted by atomic mass is 10.2. The summed E-state index contributed by atoms with van der Waals surface area (Å²) < 4.78 is 1.11. The Labute approximate surface area is 72.7 Å². The second kappa shape index (κ2) is 3.32. The van der Waals surface area contributed by atoms with E-state index in [2.05, 4.69) is 22.5 Å². The maximum absolute atomic E-state index is 5.68. The van der Waals surface area contributed by atoms with Crippen LogP contribution in [0.5, 0.6) is 0 Å². The molecule has 1 atom stereocenters. The number of hydrogen-bond acceptors (Lipinski definition) is 2. The van der Waals surface area contributed by atoms with Crippen LogP contribution in [0.3, 0.4) is 0 Å². The molecule has 2 N–H and O–H groups in total. The van der Waals surface area contributed by atoms with Gasteiger partial charge in [0.05, 0.1) is 9.83 Å². The van der Waals surface area contributed by atoms with Gasteiger partial charge >= 0.3 is 0 Å². The lowest BCUT2D eigenvalue weighted by Crippen LogP contribution is -2.03. The number of nitrogens with two attached hydrogens (primary N) is 1. The van der Waals surface area contributed by atoms with Gasteiger partial charge in [-0.3, -0.25) is 0 Å². The Morgan fingerprint density at radius 3 is 2.80 bits per heavy atom. The molecule has 1 heterocycles. The first-order valence-electron chi connectivity index (χ1n) is 2.87. The van der Waals surface area contributed by atoms with Crippen molar-refractivity contribution in [3.05, 3.63) is 33.5 Å². The number of thiophene rings is 1. The summed E-state index contributed by atoms with van der Waals surface area (Å²) in [4.78, 5) is 1.14. The van der Waals surface area contributed by atoms with Crippen LogP contribution in [0.15, 0.2) is 28.6 Å². The molecule has 0 unspecified atom stereocenters. The predicted molar refractivity (Wildman–Crippen MR) is 49.1 cm³/mol. The van der Waals surface area contributed by atoms with Crippen molar-refractivity contribution in [3.8, 4) is 0 Å². The summed E-state index contributed by atoms with van der Waals surface area (Å²) in [5, 5.41) is 0. The highest BCUT2D eigenvalue weighted by Gasteiger charge is 2.02. The fourth-order valence-electron chi connectivity index (χ4n) is 0.624. The van der Waals surface area contributed by atoms with Crippen molar-refractivity contribution in [2.45, 2.75) is 6.04 Å². The molecule has 0 aliphatic rings. The van der Waals surface area contributed by atoms with Gasteiger partial charge in [0.25, 0.3) is 0 Å². The van der Waals surface area contributed by atoms with Crippen molar-refractivity contribution in [1.29, 1.82) is 0 Å². The molecule has 0 aliphatic carbocycles. The van der Waals surface area contributed by atoms with E-state index in [0.717, 1.165) is 8.66 Å². The van der Waals surface area contributed by atoms with Gasteiger partial charge < -0.3 is 5.73 Å². The quantitative estimate of drug-likeness (QED) is 0.759. The van der Waals surface area contributed by atoms with E-state index in [4.69, 9.17) is 5.73 Å². The summed E-state index contributed by atoms with van der Waals surface area (Å²) in [6, 6.07) is 3.97. The van der Waals surface area contributed by atoms with Gasteiger partial charge in [-0.2, -0.15) is 0 Å². The van der Waals surface area contributed by atoms with Crippen LogP contribution in [0, 0.1) is 0 Å². The first-order chi connectivity index (χ1) is 4.74. The zero-order chi connectivity index (χ0) is 7.56. The first-order valence-corrected chi connectivity index (χ1v) is 4.48. The van der Waals surface area contributed by atoms with Crippen LogP contribution in [0.1, 0.15) is 10.9 Å². The third kappa shape index (κ3) is 1.68. The van der Waals surface area contributed by atoms with Crippen LogP contribution in [-0.4, -0.2) is 0 Å². The predicted octanol–water partition coefficient (Wildman–Crippen LogP) is 2.70. The van der Waals surface area contributed by atoms with Crippen molar-refractivity contribution in [1.82, 2.24) is 0 Å². The molecule has 0 spiro atoms. The third-order valence-corrected chi connectivity index (χ3v) is 2.90. The van der Waals surface area contributed by atoms with E-state index in [1.165, 1.54) is 0 Å². The molecule has 0 saturated carbocycles. The van der Waals surface area contributed by atoms with Gasteiger partial charge in [-0.05, 0) is 28.1 Å². The van der Waals surface area contributed by atoms with Crippen molar-refractivity contribution < 1.29 is 0 Å². The number of halogens is 1. The average Bonchev–Trinajstić information content (AvgIpc) is 2.34. The molecule has 0 fully saturated rings. The molecular formula is C7H8BrNS. The Morgan fingerprint density at radius 2 is 2.40 bits per heavy atom. The van der Waals surface area contributed by atoms with Crippen molar-refractivity contribution >= 4 is 27.3 Å². The Morgan fingerprint density at radius 1 is 1.70 bits per heavy atom. The van der Waals surface area contributed by atoms with Gasteiger partial charge in [-0.15, -0.1) is 17.9 Å². The van der Waals surface area contributed by atoms with Gasteiger partial charge in [0.15, 0.2) is 0 Å². The lowest BCUT2D eigenvalue weighted by Gasteiger charge is -1.99. The minimum absolute atomic E-state index is 0.0173. The maximum atomic E-state index is 5.68. The van der Waals surface area contributed by atoms with Gasteiger partial charge in [0.2, 0.25) is 0 Å². The van der Waals surface area contributed by atoms with Crippen molar-refractivity contribution in [3.63, 3.8) is 0 Å². The molecule has 0 aliphatic heterocycles. The molecule has 0 bridgehead atoms. The lowest BCUT2D eigenvalue weighted by molar-refractivity contribution is 0.940. The third-order valence-electron chi connectivity index (χ3n) is 1.18. The topological polar surface area (TPSA) is 26.0 Å². The van der Waals surface area contributed by atoms with Crippen LogP contribution < -0.4 is 5.73 Å². The summed E-state index contributed by atoms with van der Waals surface area (Å²) in [6.45, 7) is 3.61. The SMILES string of the molecule is C=C[C@@H](N)c1ccc(Br)s1. The number of hydrogen-bond donors (Lipinski definition) is 1. The van der Waals surface area contributed by atoms with E-state index >= 15 is 0 Å².